The lowest BCUT2D eigenvalue weighted by atomic mass is 10.2. The fourth-order valence-corrected chi connectivity index (χ4v) is 2.67. The normalized spacial score (nSPS) is 11.1. The Morgan fingerprint density at radius 1 is 1.25 bits per heavy atom. The van der Waals surface area contributed by atoms with Gasteiger partial charge in [0.1, 0.15) is 11.3 Å². The molecule has 3 aromatic rings. The maximum Gasteiger partial charge on any atom is 0.160 e. The number of alkyl halides is 1. The van der Waals surface area contributed by atoms with Crippen LogP contribution in [0, 0.1) is 0 Å². The van der Waals surface area contributed by atoms with Gasteiger partial charge >= 0.3 is 0 Å². The monoisotopic (exact) mass is 350 g/mol. The quantitative estimate of drug-likeness (QED) is 0.675. The average molecular weight is 352 g/mol. The van der Waals surface area contributed by atoms with E-state index < -0.39 is 0 Å². The van der Waals surface area contributed by atoms with E-state index in [0.29, 0.717) is 5.88 Å². The number of hydrogen-bond donors (Lipinski definition) is 0. The summed E-state index contributed by atoms with van der Waals surface area (Å²) in [7, 11) is 0. The summed E-state index contributed by atoms with van der Waals surface area (Å²) in [6, 6.07) is 7.88. The van der Waals surface area contributed by atoms with Crippen molar-refractivity contribution in [3.05, 3.63) is 52.7 Å². The lowest BCUT2D eigenvalue weighted by Gasteiger charge is -2.06. The van der Waals surface area contributed by atoms with Crippen LogP contribution in [0.3, 0.4) is 0 Å². The number of imidazole rings is 1. The van der Waals surface area contributed by atoms with Gasteiger partial charge in [0.05, 0.1) is 5.88 Å². The summed E-state index contributed by atoms with van der Waals surface area (Å²) in [4.78, 5) is 13.3. The molecule has 20 heavy (non-hydrogen) atoms. The third-order valence-corrected chi connectivity index (χ3v) is 3.74. The minimum absolute atomic E-state index is 0.371. The zero-order chi connectivity index (χ0) is 13.9. The van der Waals surface area contributed by atoms with Gasteiger partial charge in [-0.15, -0.1) is 11.6 Å². The first-order chi connectivity index (χ1) is 9.78. The van der Waals surface area contributed by atoms with Crippen molar-refractivity contribution in [2.24, 2.45) is 0 Å². The molecule has 0 aliphatic rings. The van der Waals surface area contributed by atoms with Crippen molar-refractivity contribution in [2.75, 3.05) is 0 Å². The summed E-state index contributed by atoms with van der Waals surface area (Å²) in [5, 5.41) is 0. The number of nitrogens with zero attached hydrogens (tertiary/aromatic N) is 4. The zero-order valence-electron chi connectivity index (χ0n) is 10.6. The van der Waals surface area contributed by atoms with Crippen LogP contribution < -0.4 is 0 Å². The van der Waals surface area contributed by atoms with Gasteiger partial charge in [-0.05, 0) is 34.1 Å². The molecule has 0 spiro atoms. The molecule has 0 amide bonds. The van der Waals surface area contributed by atoms with Crippen LogP contribution in [0.5, 0.6) is 0 Å². The summed E-state index contributed by atoms with van der Waals surface area (Å²) in [6.07, 6.45) is 4.41. The second kappa shape index (κ2) is 5.89. The van der Waals surface area contributed by atoms with Gasteiger partial charge < -0.3 is 4.57 Å². The summed E-state index contributed by atoms with van der Waals surface area (Å²) < 4.78 is 2.98. The van der Waals surface area contributed by atoms with E-state index in [9.17, 15) is 0 Å². The fraction of sp³-hybridized carbons (Fsp3) is 0.214. The molecule has 3 aromatic heterocycles. The number of aromatic nitrogens is 4. The van der Waals surface area contributed by atoms with Crippen LogP contribution in [0.25, 0.3) is 11.2 Å². The van der Waals surface area contributed by atoms with Gasteiger partial charge in [0, 0.05) is 35.5 Å². The third kappa shape index (κ3) is 2.69. The van der Waals surface area contributed by atoms with Gasteiger partial charge in [-0.1, -0.05) is 6.07 Å². The molecular formula is C14H12BrClN4. The van der Waals surface area contributed by atoms with Crippen LogP contribution in [-0.2, 0) is 18.8 Å². The molecule has 0 saturated carbocycles. The molecule has 0 unspecified atom stereocenters. The number of pyridine rings is 2. The topological polar surface area (TPSA) is 43.6 Å². The Bertz CT molecular complexity index is 727. The Morgan fingerprint density at radius 2 is 2.15 bits per heavy atom. The fourth-order valence-electron chi connectivity index (χ4n) is 2.14. The highest BCUT2D eigenvalue weighted by Gasteiger charge is 2.11. The Balaban J connectivity index is 1.93. The highest BCUT2D eigenvalue weighted by atomic mass is 79.9. The number of hydrogen-bond acceptors (Lipinski definition) is 3. The highest BCUT2D eigenvalue weighted by Crippen LogP contribution is 2.19. The summed E-state index contributed by atoms with van der Waals surface area (Å²) in [5.74, 6) is 1.21. The number of aryl methyl sites for hydroxylation is 2. The SMILES string of the molecule is ClCc1nc2cc(Br)cnc2n1CCc1ccccn1. The minimum Gasteiger partial charge on any atom is -0.311 e. The summed E-state index contributed by atoms with van der Waals surface area (Å²) in [6.45, 7) is 0.768. The van der Waals surface area contributed by atoms with Gasteiger partial charge in [-0.3, -0.25) is 4.98 Å². The molecule has 0 aromatic carbocycles. The molecule has 0 radical (unpaired) electrons. The number of halogens is 2. The van der Waals surface area contributed by atoms with Crippen molar-refractivity contribution in [1.29, 1.82) is 0 Å². The van der Waals surface area contributed by atoms with Crippen LogP contribution in [0.15, 0.2) is 41.1 Å². The first kappa shape index (κ1) is 13.5. The zero-order valence-corrected chi connectivity index (χ0v) is 13.0. The number of rotatable bonds is 4. The second-order valence-corrected chi connectivity index (χ2v) is 5.56. The smallest absolute Gasteiger partial charge is 0.160 e. The molecule has 3 rings (SSSR count). The molecule has 3 heterocycles. The van der Waals surface area contributed by atoms with E-state index >= 15 is 0 Å². The predicted octanol–water partition coefficient (Wildman–Crippen LogP) is 3.57. The van der Waals surface area contributed by atoms with Crippen LogP contribution in [-0.4, -0.2) is 19.5 Å². The van der Waals surface area contributed by atoms with Crippen molar-refractivity contribution < 1.29 is 0 Å². The van der Waals surface area contributed by atoms with Crippen molar-refractivity contribution >= 4 is 38.7 Å². The Hall–Kier alpha value is -1.46. The van der Waals surface area contributed by atoms with Gasteiger partial charge in [0.25, 0.3) is 0 Å². The maximum atomic E-state index is 5.99. The van der Waals surface area contributed by atoms with E-state index in [4.69, 9.17) is 11.6 Å². The minimum atomic E-state index is 0.371. The second-order valence-electron chi connectivity index (χ2n) is 4.38. The Labute approximate surface area is 130 Å². The van der Waals surface area contributed by atoms with Crippen LogP contribution in [0.4, 0.5) is 0 Å². The van der Waals surface area contributed by atoms with Gasteiger partial charge in [0.2, 0.25) is 0 Å². The standard InChI is InChI=1S/C14H12BrClN4/c15-10-7-12-14(18-9-10)20(13(8-16)19-12)6-4-11-3-1-2-5-17-11/h1-3,5,7,9H,4,6,8H2. The van der Waals surface area contributed by atoms with Crippen LogP contribution in [0.2, 0.25) is 0 Å². The molecule has 102 valence electrons. The molecule has 0 N–H and O–H groups in total. The number of fused-ring (bicyclic) bond motifs is 1. The van der Waals surface area contributed by atoms with E-state index in [1.165, 1.54) is 0 Å². The molecule has 0 bridgehead atoms. The van der Waals surface area contributed by atoms with Gasteiger partial charge in [0.15, 0.2) is 5.65 Å². The highest BCUT2D eigenvalue weighted by molar-refractivity contribution is 9.10. The van der Waals surface area contributed by atoms with Crippen molar-refractivity contribution in [2.45, 2.75) is 18.8 Å². The van der Waals surface area contributed by atoms with Crippen molar-refractivity contribution in [3.8, 4) is 0 Å². The van der Waals surface area contributed by atoms with Gasteiger partial charge in [-0.2, -0.15) is 0 Å². The van der Waals surface area contributed by atoms with E-state index in [1.54, 1.807) is 12.4 Å². The summed E-state index contributed by atoms with van der Waals surface area (Å²) in [5.41, 5.74) is 2.77. The first-order valence-electron chi connectivity index (χ1n) is 6.24. The van der Waals surface area contributed by atoms with Crippen molar-refractivity contribution in [1.82, 2.24) is 19.5 Å². The molecule has 0 aliphatic carbocycles. The Morgan fingerprint density at radius 3 is 2.90 bits per heavy atom. The summed E-state index contributed by atoms with van der Waals surface area (Å²) >= 11 is 9.40. The van der Waals surface area contributed by atoms with E-state index in [0.717, 1.165) is 40.1 Å². The molecule has 0 atom stereocenters. The molecule has 0 fully saturated rings. The van der Waals surface area contributed by atoms with Crippen LogP contribution in [0.1, 0.15) is 11.5 Å². The van der Waals surface area contributed by atoms with E-state index in [1.807, 2.05) is 24.3 Å². The Kier molecular flexibility index (Phi) is 3.98. The van der Waals surface area contributed by atoms with Crippen LogP contribution >= 0.6 is 27.5 Å². The third-order valence-electron chi connectivity index (χ3n) is 3.07. The lowest BCUT2D eigenvalue weighted by molar-refractivity contribution is 0.673. The van der Waals surface area contributed by atoms with E-state index in [2.05, 4.69) is 35.4 Å². The molecule has 4 nitrogen and oxygen atoms in total. The average Bonchev–Trinajstić information content (AvgIpc) is 2.83. The van der Waals surface area contributed by atoms with Crippen molar-refractivity contribution in [3.63, 3.8) is 0 Å². The molecule has 0 saturated heterocycles. The predicted molar refractivity (Wildman–Crippen MR) is 82.7 cm³/mol. The first-order valence-corrected chi connectivity index (χ1v) is 7.57. The van der Waals surface area contributed by atoms with Gasteiger partial charge in [-0.25, -0.2) is 9.97 Å². The molecular weight excluding hydrogens is 340 g/mol. The largest absolute Gasteiger partial charge is 0.311 e. The molecule has 6 heteroatoms. The maximum absolute atomic E-state index is 5.99. The van der Waals surface area contributed by atoms with E-state index in [-0.39, 0.29) is 0 Å². The lowest BCUT2D eigenvalue weighted by Crippen LogP contribution is -2.06. The molecule has 0 aliphatic heterocycles.